The number of rotatable bonds is 3. The lowest BCUT2D eigenvalue weighted by atomic mass is 9.98. The first kappa shape index (κ1) is 16.5. The van der Waals surface area contributed by atoms with Gasteiger partial charge in [0.05, 0.1) is 22.2 Å². The molecule has 2 N–H and O–H groups in total. The molecule has 2 amide bonds. The Kier molecular flexibility index (Phi) is 4.53. The lowest BCUT2D eigenvalue weighted by molar-refractivity contribution is -0.122. The molecule has 2 aromatic rings. The third-order valence-electron chi connectivity index (χ3n) is 4.42. The van der Waals surface area contributed by atoms with Crippen molar-refractivity contribution in [3.05, 3.63) is 53.2 Å². The summed E-state index contributed by atoms with van der Waals surface area (Å²) in [7, 11) is 0. The summed E-state index contributed by atoms with van der Waals surface area (Å²) in [5, 5.41) is 0.384. The first-order valence-electron chi connectivity index (χ1n) is 7.77. The predicted molar refractivity (Wildman–Crippen MR) is 92.4 cm³/mol. The predicted octanol–water partition coefficient (Wildman–Crippen LogP) is 2.60. The molecule has 0 radical (unpaired) electrons. The Morgan fingerprint density at radius 2 is 2.04 bits per heavy atom. The van der Waals surface area contributed by atoms with Crippen molar-refractivity contribution in [3.8, 4) is 11.3 Å². The van der Waals surface area contributed by atoms with E-state index in [4.69, 9.17) is 17.3 Å². The molecule has 24 heavy (non-hydrogen) atoms. The minimum absolute atomic E-state index is 0.0456. The zero-order valence-corrected chi connectivity index (χ0v) is 14.0. The average molecular weight is 344 g/mol. The number of pyridine rings is 1. The number of hydrogen-bond acceptors (Lipinski definition) is 3. The van der Waals surface area contributed by atoms with Gasteiger partial charge in [-0.3, -0.25) is 14.6 Å². The summed E-state index contributed by atoms with van der Waals surface area (Å²) in [4.78, 5) is 30.2. The van der Waals surface area contributed by atoms with Gasteiger partial charge in [-0.2, -0.15) is 0 Å². The number of carbonyl (C=O) groups is 2. The van der Waals surface area contributed by atoms with Gasteiger partial charge in [0, 0.05) is 24.8 Å². The molecule has 1 saturated heterocycles. The van der Waals surface area contributed by atoms with Crippen LogP contribution in [0.1, 0.15) is 17.3 Å². The van der Waals surface area contributed by atoms with Gasteiger partial charge in [-0.15, -0.1) is 0 Å². The standard InChI is InChI=1S/C18H18ClN3O2/c1-11-9-22(10-14(11)17(20)23)18(24)13-8-12(5-6-15(13)19)16-4-2-3-7-21-16/h2-8,11,14H,9-10H2,1H3,(H2,20,23)/t11-,14-/m1/s1. The van der Waals surface area contributed by atoms with Crippen LogP contribution in [0.2, 0.25) is 5.02 Å². The van der Waals surface area contributed by atoms with E-state index in [9.17, 15) is 9.59 Å². The van der Waals surface area contributed by atoms with E-state index in [0.29, 0.717) is 23.7 Å². The molecule has 0 spiro atoms. The van der Waals surface area contributed by atoms with Crippen LogP contribution < -0.4 is 5.73 Å². The summed E-state index contributed by atoms with van der Waals surface area (Å²) in [5.41, 5.74) is 7.41. The largest absolute Gasteiger partial charge is 0.369 e. The Morgan fingerprint density at radius 1 is 1.25 bits per heavy atom. The minimum atomic E-state index is -0.369. The second-order valence-electron chi connectivity index (χ2n) is 6.11. The zero-order valence-electron chi connectivity index (χ0n) is 13.3. The summed E-state index contributed by atoms with van der Waals surface area (Å²) in [6.07, 6.45) is 1.70. The first-order chi connectivity index (χ1) is 11.5. The molecule has 0 aliphatic carbocycles. The molecule has 2 atom stereocenters. The van der Waals surface area contributed by atoms with Crippen molar-refractivity contribution < 1.29 is 9.59 Å². The summed E-state index contributed by atoms with van der Waals surface area (Å²) in [6, 6.07) is 10.9. The van der Waals surface area contributed by atoms with Crippen LogP contribution in [-0.2, 0) is 4.79 Å². The van der Waals surface area contributed by atoms with Gasteiger partial charge in [0.25, 0.3) is 5.91 Å². The van der Waals surface area contributed by atoms with E-state index in [1.165, 1.54) is 0 Å². The van der Waals surface area contributed by atoms with Crippen molar-refractivity contribution in [1.29, 1.82) is 0 Å². The Labute approximate surface area is 145 Å². The summed E-state index contributed by atoms with van der Waals surface area (Å²) >= 11 is 6.23. The molecule has 1 aromatic carbocycles. The van der Waals surface area contributed by atoms with Gasteiger partial charge in [0.15, 0.2) is 0 Å². The SMILES string of the molecule is C[C@@H]1CN(C(=O)c2cc(-c3ccccn3)ccc2Cl)C[C@H]1C(N)=O. The number of carbonyl (C=O) groups excluding carboxylic acids is 2. The van der Waals surface area contributed by atoms with Crippen LogP contribution in [0.4, 0.5) is 0 Å². The monoisotopic (exact) mass is 343 g/mol. The van der Waals surface area contributed by atoms with Gasteiger partial charge in [0.2, 0.25) is 5.91 Å². The highest BCUT2D eigenvalue weighted by Crippen LogP contribution is 2.29. The van der Waals surface area contributed by atoms with E-state index in [1.807, 2.05) is 31.2 Å². The second kappa shape index (κ2) is 6.61. The number of likely N-dealkylation sites (tertiary alicyclic amines) is 1. The number of aromatic nitrogens is 1. The highest BCUT2D eigenvalue weighted by atomic mass is 35.5. The smallest absolute Gasteiger partial charge is 0.255 e. The minimum Gasteiger partial charge on any atom is -0.369 e. The van der Waals surface area contributed by atoms with E-state index in [-0.39, 0.29) is 23.7 Å². The average Bonchev–Trinajstić information content (AvgIpc) is 2.97. The molecule has 0 unspecified atom stereocenters. The molecular weight excluding hydrogens is 326 g/mol. The van der Waals surface area contributed by atoms with Gasteiger partial charge in [-0.05, 0) is 30.2 Å². The fourth-order valence-corrected chi connectivity index (χ4v) is 3.25. The number of benzene rings is 1. The number of nitrogens with two attached hydrogens (primary N) is 1. The number of nitrogens with zero attached hydrogens (tertiary/aromatic N) is 2. The fourth-order valence-electron chi connectivity index (χ4n) is 3.06. The Balaban J connectivity index is 1.89. The van der Waals surface area contributed by atoms with Crippen LogP contribution in [-0.4, -0.2) is 34.8 Å². The van der Waals surface area contributed by atoms with Gasteiger partial charge >= 0.3 is 0 Å². The number of amides is 2. The van der Waals surface area contributed by atoms with E-state index >= 15 is 0 Å². The van der Waals surface area contributed by atoms with E-state index < -0.39 is 0 Å². The maximum atomic E-state index is 12.8. The Hall–Kier alpha value is -2.40. The van der Waals surface area contributed by atoms with Gasteiger partial charge in [0.1, 0.15) is 0 Å². The maximum Gasteiger partial charge on any atom is 0.255 e. The first-order valence-corrected chi connectivity index (χ1v) is 8.14. The third kappa shape index (κ3) is 3.12. The molecule has 1 aliphatic heterocycles. The molecular formula is C18H18ClN3O2. The normalized spacial score (nSPS) is 20.2. The van der Waals surface area contributed by atoms with Crippen LogP contribution in [0.15, 0.2) is 42.6 Å². The topological polar surface area (TPSA) is 76.3 Å². The molecule has 0 saturated carbocycles. The lowest BCUT2D eigenvalue weighted by Crippen LogP contribution is -2.32. The van der Waals surface area contributed by atoms with Crippen molar-refractivity contribution in [3.63, 3.8) is 0 Å². The highest BCUT2D eigenvalue weighted by Gasteiger charge is 2.36. The third-order valence-corrected chi connectivity index (χ3v) is 4.75. The van der Waals surface area contributed by atoms with E-state index in [1.54, 1.807) is 23.2 Å². The molecule has 3 rings (SSSR count). The van der Waals surface area contributed by atoms with Crippen LogP contribution >= 0.6 is 11.6 Å². The summed E-state index contributed by atoms with van der Waals surface area (Å²) in [6.45, 7) is 2.75. The molecule has 0 bridgehead atoms. The zero-order chi connectivity index (χ0) is 17.3. The molecule has 1 aromatic heterocycles. The summed E-state index contributed by atoms with van der Waals surface area (Å²) in [5.74, 6) is -0.824. The van der Waals surface area contributed by atoms with Gasteiger partial charge in [-0.1, -0.05) is 30.7 Å². The highest BCUT2D eigenvalue weighted by molar-refractivity contribution is 6.34. The van der Waals surface area contributed by atoms with Crippen molar-refractivity contribution in [2.75, 3.05) is 13.1 Å². The lowest BCUT2D eigenvalue weighted by Gasteiger charge is -2.17. The number of halogens is 1. The van der Waals surface area contributed by atoms with Crippen LogP contribution in [0.25, 0.3) is 11.3 Å². The fraction of sp³-hybridized carbons (Fsp3) is 0.278. The van der Waals surface area contributed by atoms with Crippen LogP contribution in [0.3, 0.4) is 0 Å². The van der Waals surface area contributed by atoms with Crippen molar-refractivity contribution >= 4 is 23.4 Å². The molecule has 124 valence electrons. The second-order valence-corrected chi connectivity index (χ2v) is 6.51. The molecule has 1 fully saturated rings. The quantitative estimate of drug-likeness (QED) is 0.930. The maximum absolute atomic E-state index is 12.8. The Bertz CT molecular complexity index is 779. The van der Waals surface area contributed by atoms with E-state index in [2.05, 4.69) is 4.98 Å². The van der Waals surface area contributed by atoms with Crippen LogP contribution in [0.5, 0.6) is 0 Å². The van der Waals surface area contributed by atoms with Gasteiger partial charge in [-0.25, -0.2) is 0 Å². The number of primary amides is 1. The van der Waals surface area contributed by atoms with Crippen molar-refractivity contribution in [2.24, 2.45) is 17.6 Å². The molecule has 1 aliphatic rings. The van der Waals surface area contributed by atoms with Crippen molar-refractivity contribution in [1.82, 2.24) is 9.88 Å². The van der Waals surface area contributed by atoms with Crippen LogP contribution in [0, 0.1) is 11.8 Å². The van der Waals surface area contributed by atoms with E-state index in [0.717, 1.165) is 11.3 Å². The molecule has 5 nitrogen and oxygen atoms in total. The summed E-state index contributed by atoms with van der Waals surface area (Å²) < 4.78 is 0. The molecule has 2 heterocycles. The van der Waals surface area contributed by atoms with Crippen molar-refractivity contribution in [2.45, 2.75) is 6.92 Å². The Morgan fingerprint density at radius 3 is 2.67 bits per heavy atom. The van der Waals surface area contributed by atoms with Gasteiger partial charge < -0.3 is 10.6 Å². The molecule has 6 heteroatoms. The number of hydrogen-bond donors (Lipinski definition) is 1.